The number of carbonyl (C=O) groups excluding carboxylic acids is 3. The molecule has 1 aliphatic heterocycles. The van der Waals surface area contributed by atoms with Crippen LogP contribution in [0.4, 0.5) is 4.79 Å². The number of hydrogen-bond donors (Lipinski definition) is 9. The average Bonchev–Trinajstić information content (AvgIpc) is 3.27. The van der Waals surface area contributed by atoms with Gasteiger partial charge in [0.15, 0.2) is 18.6 Å². The molecule has 11 N–H and O–H groups in total. The minimum Gasteiger partial charge on any atom is -0.480 e. The number of imidazole rings is 1. The van der Waals surface area contributed by atoms with Crippen LogP contribution in [0.1, 0.15) is 16.7 Å². The predicted octanol–water partition coefficient (Wildman–Crippen LogP) is -5.68. The summed E-state index contributed by atoms with van der Waals surface area (Å²) in [6.45, 7) is -0.813. The number of H-pyrrole nitrogens is 1. The third kappa shape index (κ3) is 5.72. The molecule has 17 heteroatoms. The number of nitrogens with two attached hydrogens (primary N) is 2. The monoisotopic (exact) mass is 477 g/mol. The van der Waals surface area contributed by atoms with Crippen molar-refractivity contribution < 1.29 is 54.2 Å². The second-order valence-corrected chi connectivity index (χ2v) is 7.05. The van der Waals surface area contributed by atoms with Gasteiger partial charge in [-0.25, -0.2) is 14.4 Å². The average molecular weight is 477 g/mol. The number of nitrogens with zero attached hydrogens (tertiary/aromatic N) is 1. The van der Waals surface area contributed by atoms with Gasteiger partial charge in [-0.2, -0.15) is 0 Å². The van der Waals surface area contributed by atoms with Crippen molar-refractivity contribution in [1.82, 2.24) is 14.9 Å². The Balaban J connectivity index is 2.15. The van der Waals surface area contributed by atoms with Crippen molar-refractivity contribution in [1.29, 1.82) is 0 Å². The van der Waals surface area contributed by atoms with Gasteiger partial charge in [0.2, 0.25) is 5.91 Å². The first kappa shape index (κ1) is 25.9. The van der Waals surface area contributed by atoms with E-state index in [1.54, 1.807) is 0 Å². The summed E-state index contributed by atoms with van der Waals surface area (Å²) in [5.74, 6) is -3.06. The fourth-order valence-corrected chi connectivity index (χ4v) is 3.06. The first-order valence-electron chi connectivity index (χ1n) is 9.24. The van der Waals surface area contributed by atoms with Crippen molar-refractivity contribution in [3.63, 3.8) is 0 Å². The van der Waals surface area contributed by atoms with Crippen molar-refractivity contribution in [2.75, 3.05) is 6.61 Å². The Morgan fingerprint density at radius 2 is 1.94 bits per heavy atom. The molecule has 7 unspecified atom stereocenters. The van der Waals surface area contributed by atoms with Gasteiger partial charge in [-0.15, -0.1) is 0 Å². The van der Waals surface area contributed by atoms with E-state index in [-0.39, 0.29) is 5.69 Å². The van der Waals surface area contributed by atoms with E-state index in [1.165, 1.54) is 0 Å². The Hall–Kier alpha value is -3.35. The Morgan fingerprint density at radius 1 is 1.30 bits per heavy atom. The van der Waals surface area contributed by atoms with E-state index >= 15 is 0 Å². The largest absolute Gasteiger partial charge is 0.480 e. The molecule has 1 aliphatic rings. The molecule has 1 saturated heterocycles. The van der Waals surface area contributed by atoms with Crippen LogP contribution in [0.2, 0.25) is 0 Å². The molecule has 2 rings (SSSR count). The van der Waals surface area contributed by atoms with Crippen LogP contribution >= 0.6 is 0 Å². The Bertz CT molecular complexity index is 947. The van der Waals surface area contributed by atoms with Gasteiger partial charge >= 0.3 is 17.8 Å². The Labute approximate surface area is 183 Å². The van der Waals surface area contributed by atoms with Crippen LogP contribution in [-0.2, 0) is 19.1 Å². The minimum absolute atomic E-state index is 0.185. The molecule has 0 spiro atoms. The molecular formula is C16H23N5O12. The van der Waals surface area contributed by atoms with Gasteiger partial charge in [0.25, 0.3) is 0 Å². The summed E-state index contributed by atoms with van der Waals surface area (Å²) >= 11 is 0. The van der Waals surface area contributed by atoms with E-state index in [4.69, 9.17) is 16.2 Å². The molecule has 8 atom stereocenters. The van der Waals surface area contributed by atoms with E-state index in [9.17, 15) is 49.5 Å². The lowest BCUT2D eigenvalue weighted by molar-refractivity contribution is -0.150. The summed E-state index contributed by atoms with van der Waals surface area (Å²) in [6, 6.07) is -3.97. The van der Waals surface area contributed by atoms with Gasteiger partial charge in [-0.05, 0) is 0 Å². The van der Waals surface area contributed by atoms with Crippen molar-refractivity contribution in [3.05, 3.63) is 22.4 Å². The number of carbonyl (C=O) groups is 4. The van der Waals surface area contributed by atoms with Crippen molar-refractivity contribution >= 4 is 24.3 Å². The highest BCUT2D eigenvalue weighted by Gasteiger charge is 2.50. The molecule has 2 heterocycles. The third-order valence-electron chi connectivity index (χ3n) is 4.79. The maximum Gasteiger partial charge on any atom is 0.404 e. The molecule has 33 heavy (non-hydrogen) atoms. The lowest BCUT2D eigenvalue weighted by Crippen LogP contribution is -2.60. The smallest absolute Gasteiger partial charge is 0.404 e. The highest BCUT2D eigenvalue weighted by molar-refractivity contribution is 5.87. The van der Waals surface area contributed by atoms with E-state index in [2.05, 4.69) is 9.72 Å². The summed E-state index contributed by atoms with van der Waals surface area (Å²) in [5, 5.41) is 51.5. The second kappa shape index (κ2) is 10.5. The highest BCUT2D eigenvalue weighted by Crippen LogP contribution is 2.30. The SMILES string of the molecule is NC(=O)OCC(O)C(O)C(N)C(=O)N[C@H](C(=O)O)C1OC(n2cc(C=O)[nH]c2=O)C(O)C1O. The normalized spacial score (nSPS) is 26.1. The number of aromatic amines is 1. The fourth-order valence-electron chi connectivity index (χ4n) is 3.06. The quantitative estimate of drug-likeness (QED) is 0.142. The topological polar surface area (TPSA) is 290 Å². The minimum atomic E-state index is -2.04. The Kier molecular flexibility index (Phi) is 8.25. The van der Waals surface area contributed by atoms with Crippen LogP contribution in [0.15, 0.2) is 11.0 Å². The van der Waals surface area contributed by atoms with Gasteiger partial charge in [0, 0.05) is 6.20 Å². The summed E-state index contributed by atoms with van der Waals surface area (Å²) in [6.07, 6.45) is -11.1. The van der Waals surface area contributed by atoms with Crippen LogP contribution in [-0.4, -0.2) is 109 Å². The van der Waals surface area contributed by atoms with Crippen molar-refractivity contribution in [2.45, 2.75) is 48.8 Å². The number of aliphatic carboxylic acids is 1. The molecule has 1 aromatic heterocycles. The maximum absolute atomic E-state index is 12.3. The van der Waals surface area contributed by atoms with Crippen LogP contribution < -0.4 is 22.5 Å². The summed E-state index contributed by atoms with van der Waals surface area (Å²) in [7, 11) is 0. The number of aliphatic hydroxyl groups excluding tert-OH is 4. The molecule has 0 aromatic carbocycles. The van der Waals surface area contributed by atoms with E-state index in [0.717, 1.165) is 6.20 Å². The summed E-state index contributed by atoms with van der Waals surface area (Å²) < 4.78 is 10.3. The zero-order valence-corrected chi connectivity index (χ0v) is 16.7. The lowest BCUT2D eigenvalue weighted by Gasteiger charge is -2.27. The summed E-state index contributed by atoms with van der Waals surface area (Å²) in [4.78, 5) is 59.5. The second-order valence-electron chi connectivity index (χ2n) is 7.05. The van der Waals surface area contributed by atoms with E-state index < -0.39 is 79.1 Å². The third-order valence-corrected chi connectivity index (χ3v) is 4.79. The van der Waals surface area contributed by atoms with Crippen LogP contribution in [0.3, 0.4) is 0 Å². The number of rotatable bonds is 10. The van der Waals surface area contributed by atoms with Gasteiger partial charge in [0.05, 0.1) is 5.69 Å². The number of primary amides is 1. The van der Waals surface area contributed by atoms with Gasteiger partial charge in [-0.3, -0.25) is 14.2 Å². The van der Waals surface area contributed by atoms with Crippen LogP contribution in [0, 0.1) is 0 Å². The molecule has 1 aromatic rings. The molecule has 17 nitrogen and oxygen atoms in total. The van der Waals surface area contributed by atoms with Crippen molar-refractivity contribution in [2.24, 2.45) is 11.5 Å². The fraction of sp³-hybridized carbons (Fsp3) is 0.562. The standard InChI is InChI=1S/C16H23N5O12/c17-6(8(24)5(23)3-32-15(18)30)12(27)20-7(14(28)29)11-9(25)10(26)13(33-11)21-1-4(2-22)19-16(21)31/h1-2,5-11,13,23-26H,3,17H2,(H2,18,30)(H,19,31)(H,20,27)(H,28,29)/t5?,6?,7-,8?,9?,10?,11?,13?/m0/s1. The van der Waals surface area contributed by atoms with Crippen molar-refractivity contribution in [3.8, 4) is 0 Å². The number of ether oxygens (including phenoxy) is 2. The summed E-state index contributed by atoms with van der Waals surface area (Å²) in [5.41, 5.74) is 9.14. The zero-order chi connectivity index (χ0) is 25.0. The molecular weight excluding hydrogens is 454 g/mol. The number of amides is 2. The predicted molar refractivity (Wildman–Crippen MR) is 101 cm³/mol. The maximum atomic E-state index is 12.3. The molecule has 184 valence electrons. The first-order chi connectivity index (χ1) is 15.4. The number of hydrogen-bond acceptors (Lipinski definition) is 12. The van der Waals surface area contributed by atoms with Gasteiger partial charge < -0.3 is 56.8 Å². The molecule has 0 radical (unpaired) electrons. The highest BCUT2D eigenvalue weighted by atomic mass is 16.6. The molecule has 0 bridgehead atoms. The zero-order valence-electron chi connectivity index (χ0n) is 16.7. The number of nitrogens with one attached hydrogen (secondary N) is 2. The molecule has 1 fully saturated rings. The number of aldehydes is 1. The first-order valence-corrected chi connectivity index (χ1v) is 9.24. The van der Waals surface area contributed by atoms with Crippen LogP contribution in [0.25, 0.3) is 0 Å². The molecule has 2 amide bonds. The Morgan fingerprint density at radius 3 is 2.45 bits per heavy atom. The molecule has 0 saturated carbocycles. The van der Waals surface area contributed by atoms with Crippen LogP contribution in [0.5, 0.6) is 0 Å². The van der Waals surface area contributed by atoms with Gasteiger partial charge in [-0.1, -0.05) is 0 Å². The number of carboxylic acid groups (broad SMARTS) is 1. The number of aromatic nitrogens is 2. The number of aliphatic hydroxyl groups is 4. The van der Waals surface area contributed by atoms with E-state index in [0.29, 0.717) is 10.9 Å². The van der Waals surface area contributed by atoms with E-state index in [1.807, 2.05) is 5.32 Å². The molecule has 0 aliphatic carbocycles. The lowest BCUT2D eigenvalue weighted by atomic mass is 10.0. The van der Waals surface area contributed by atoms with Gasteiger partial charge in [0.1, 0.15) is 43.2 Å². The number of carboxylic acids is 1.